The van der Waals surface area contributed by atoms with Crippen LogP contribution in [0.1, 0.15) is 21.6 Å². The van der Waals surface area contributed by atoms with Crippen molar-refractivity contribution in [2.24, 2.45) is 7.05 Å². The van der Waals surface area contributed by atoms with Gasteiger partial charge in [0, 0.05) is 45.8 Å². The Morgan fingerprint density at radius 2 is 1.66 bits per heavy atom. The average Bonchev–Trinajstić information content (AvgIpc) is 2.81. The Morgan fingerprint density at radius 1 is 0.969 bits per heavy atom. The Labute approximate surface area is 186 Å². The molecule has 1 aromatic heterocycles. The van der Waals surface area contributed by atoms with Gasteiger partial charge in [-0.1, -0.05) is 42.5 Å². The summed E-state index contributed by atoms with van der Waals surface area (Å²) >= 11 is 0. The second-order valence-electron chi connectivity index (χ2n) is 7.97. The van der Waals surface area contributed by atoms with Gasteiger partial charge in [-0.25, -0.2) is 4.39 Å². The third-order valence-electron chi connectivity index (χ3n) is 5.64. The predicted octanol–water partition coefficient (Wildman–Crippen LogP) is 3.06. The summed E-state index contributed by atoms with van der Waals surface area (Å²) in [7, 11) is 1.73. The minimum atomic E-state index is -0.351. The van der Waals surface area contributed by atoms with Crippen molar-refractivity contribution in [2.75, 3.05) is 26.2 Å². The first-order chi connectivity index (χ1) is 15.5. The minimum absolute atomic E-state index is 0.145. The lowest BCUT2D eigenvalue weighted by Gasteiger charge is -2.35. The van der Waals surface area contributed by atoms with E-state index in [-0.39, 0.29) is 29.5 Å². The third kappa shape index (κ3) is 5.23. The monoisotopic (exact) mass is 435 g/mol. The van der Waals surface area contributed by atoms with Crippen LogP contribution in [-0.2, 0) is 20.2 Å². The van der Waals surface area contributed by atoms with Gasteiger partial charge >= 0.3 is 0 Å². The zero-order chi connectivity index (χ0) is 22.5. The molecule has 0 bridgehead atoms. The number of halogens is 1. The number of benzene rings is 2. The Hall–Kier alpha value is -3.45. The molecule has 32 heavy (non-hydrogen) atoms. The average molecular weight is 435 g/mol. The summed E-state index contributed by atoms with van der Waals surface area (Å²) < 4.78 is 20.3. The number of hydrogen-bond acceptors (Lipinski definition) is 4. The maximum absolute atomic E-state index is 13.0. The summed E-state index contributed by atoms with van der Waals surface area (Å²) in [4.78, 5) is 29.7. The van der Waals surface area contributed by atoms with Crippen LogP contribution in [-0.4, -0.2) is 46.5 Å². The van der Waals surface area contributed by atoms with E-state index in [1.807, 2.05) is 18.2 Å². The molecule has 166 valence electrons. The number of amides is 1. The largest absolute Gasteiger partial charge is 0.483 e. The van der Waals surface area contributed by atoms with Gasteiger partial charge in [0.1, 0.15) is 18.1 Å². The van der Waals surface area contributed by atoms with E-state index in [1.54, 1.807) is 28.6 Å². The highest BCUT2D eigenvalue weighted by Gasteiger charge is 2.24. The molecule has 1 amide bonds. The number of aryl methyl sites for hydroxylation is 1. The van der Waals surface area contributed by atoms with Crippen LogP contribution >= 0.6 is 0 Å². The molecule has 1 aliphatic heterocycles. The van der Waals surface area contributed by atoms with Crippen LogP contribution in [0.4, 0.5) is 4.39 Å². The van der Waals surface area contributed by atoms with Crippen molar-refractivity contribution in [3.8, 4) is 5.75 Å². The number of aromatic nitrogens is 1. The van der Waals surface area contributed by atoms with E-state index in [4.69, 9.17) is 4.74 Å². The van der Waals surface area contributed by atoms with E-state index < -0.39 is 0 Å². The van der Waals surface area contributed by atoms with Crippen molar-refractivity contribution in [2.45, 2.75) is 13.2 Å². The number of pyridine rings is 1. The zero-order valence-electron chi connectivity index (χ0n) is 18.0. The van der Waals surface area contributed by atoms with Gasteiger partial charge in [0.05, 0.1) is 6.20 Å². The number of piperazine rings is 1. The van der Waals surface area contributed by atoms with Gasteiger partial charge in [0.25, 0.3) is 5.91 Å². The van der Waals surface area contributed by atoms with Crippen molar-refractivity contribution in [3.63, 3.8) is 0 Å². The second-order valence-corrected chi connectivity index (χ2v) is 7.97. The van der Waals surface area contributed by atoms with Gasteiger partial charge < -0.3 is 14.2 Å². The first-order valence-electron chi connectivity index (χ1n) is 10.6. The number of carbonyl (C=O) groups excluding carboxylic acids is 1. The fraction of sp³-hybridized carbons (Fsp3) is 0.280. The van der Waals surface area contributed by atoms with E-state index >= 15 is 0 Å². The van der Waals surface area contributed by atoms with E-state index in [0.717, 1.165) is 25.2 Å². The Balaban J connectivity index is 1.37. The molecule has 2 heterocycles. The van der Waals surface area contributed by atoms with Crippen LogP contribution in [0.5, 0.6) is 5.75 Å². The highest BCUT2D eigenvalue weighted by atomic mass is 19.1. The van der Waals surface area contributed by atoms with Crippen molar-refractivity contribution in [1.29, 1.82) is 0 Å². The van der Waals surface area contributed by atoms with Gasteiger partial charge in [-0.15, -0.1) is 0 Å². The number of nitrogens with zero attached hydrogens (tertiary/aromatic N) is 3. The molecule has 0 aliphatic carbocycles. The molecule has 7 heteroatoms. The lowest BCUT2D eigenvalue weighted by molar-refractivity contribution is 0.0618. The topological polar surface area (TPSA) is 54.8 Å². The maximum Gasteiger partial charge on any atom is 0.270 e. The van der Waals surface area contributed by atoms with Crippen LogP contribution in [0.25, 0.3) is 0 Å². The first-order valence-corrected chi connectivity index (χ1v) is 10.6. The fourth-order valence-electron chi connectivity index (χ4n) is 3.78. The van der Waals surface area contributed by atoms with Gasteiger partial charge in [0.2, 0.25) is 5.43 Å². The molecule has 6 nitrogen and oxygen atoms in total. The molecular formula is C25H26FN3O3. The van der Waals surface area contributed by atoms with Gasteiger partial charge in [-0.3, -0.25) is 14.5 Å². The molecule has 0 spiro atoms. The molecule has 2 aromatic carbocycles. The predicted molar refractivity (Wildman–Crippen MR) is 120 cm³/mol. The van der Waals surface area contributed by atoms with Crippen LogP contribution in [0.3, 0.4) is 0 Å². The summed E-state index contributed by atoms with van der Waals surface area (Å²) in [6.45, 7) is 3.81. The summed E-state index contributed by atoms with van der Waals surface area (Å²) in [6.07, 6.45) is 1.53. The molecule has 4 rings (SSSR count). The van der Waals surface area contributed by atoms with E-state index in [2.05, 4.69) is 17.0 Å². The number of carbonyl (C=O) groups is 1. The van der Waals surface area contributed by atoms with E-state index in [1.165, 1.54) is 30.0 Å². The molecular weight excluding hydrogens is 409 g/mol. The molecule has 3 aromatic rings. The highest BCUT2D eigenvalue weighted by Crippen LogP contribution is 2.14. The van der Waals surface area contributed by atoms with Crippen LogP contribution in [0.15, 0.2) is 71.7 Å². The van der Waals surface area contributed by atoms with Crippen LogP contribution in [0, 0.1) is 5.82 Å². The Morgan fingerprint density at radius 3 is 2.34 bits per heavy atom. The normalized spacial score (nSPS) is 14.4. The molecule has 0 saturated carbocycles. The van der Waals surface area contributed by atoms with Crippen molar-refractivity contribution in [1.82, 2.24) is 14.4 Å². The Kier molecular flexibility index (Phi) is 6.66. The lowest BCUT2D eigenvalue weighted by atomic mass is 10.2. The molecule has 0 N–H and O–H groups in total. The molecule has 1 saturated heterocycles. The van der Waals surface area contributed by atoms with Crippen molar-refractivity contribution in [3.05, 3.63) is 99.7 Å². The summed E-state index contributed by atoms with van der Waals surface area (Å²) in [5.74, 6) is -0.330. The summed E-state index contributed by atoms with van der Waals surface area (Å²) in [6, 6.07) is 17.5. The lowest BCUT2D eigenvalue weighted by Crippen LogP contribution is -2.48. The zero-order valence-corrected chi connectivity index (χ0v) is 18.0. The number of rotatable bonds is 6. The first kappa shape index (κ1) is 21.8. The van der Waals surface area contributed by atoms with Crippen LogP contribution < -0.4 is 10.2 Å². The number of ether oxygens (including phenoxy) is 1. The van der Waals surface area contributed by atoms with Gasteiger partial charge in [0.15, 0.2) is 5.75 Å². The highest BCUT2D eigenvalue weighted by molar-refractivity contribution is 5.92. The fourth-order valence-corrected chi connectivity index (χ4v) is 3.78. The van der Waals surface area contributed by atoms with E-state index in [9.17, 15) is 14.0 Å². The molecule has 0 unspecified atom stereocenters. The number of hydrogen-bond donors (Lipinski definition) is 0. The smallest absolute Gasteiger partial charge is 0.270 e. The summed E-state index contributed by atoms with van der Waals surface area (Å²) in [5, 5.41) is 0. The van der Waals surface area contributed by atoms with Crippen molar-refractivity contribution < 1.29 is 13.9 Å². The standard InChI is InChI=1S/C25H26FN3O3/c1-27-17-24(32-18-20-7-9-21(26)10-8-20)23(30)15-22(27)25(31)29-13-11-28(12-14-29)16-19-5-3-2-4-6-19/h2-10,15,17H,11-14,16,18H2,1H3. The van der Waals surface area contributed by atoms with Crippen LogP contribution in [0.2, 0.25) is 0 Å². The molecule has 0 atom stereocenters. The van der Waals surface area contributed by atoms with E-state index in [0.29, 0.717) is 18.8 Å². The van der Waals surface area contributed by atoms with Gasteiger partial charge in [-0.05, 0) is 23.3 Å². The molecule has 1 fully saturated rings. The second kappa shape index (κ2) is 9.78. The molecule has 0 radical (unpaired) electrons. The quantitative estimate of drug-likeness (QED) is 0.597. The SMILES string of the molecule is Cn1cc(OCc2ccc(F)cc2)c(=O)cc1C(=O)N1CCN(Cc2ccccc2)CC1. The Bertz CT molecular complexity index is 1120. The maximum atomic E-state index is 13.0. The molecule has 1 aliphatic rings. The summed E-state index contributed by atoms with van der Waals surface area (Å²) in [5.41, 5.74) is 1.99. The third-order valence-corrected chi connectivity index (χ3v) is 5.64. The van der Waals surface area contributed by atoms with Crippen molar-refractivity contribution >= 4 is 5.91 Å². The van der Waals surface area contributed by atoms with Gasteiger partial charge in [-0.2, -0.15) is 0 Å². The minimum Gasteiger partial charge on any atom is -0.483 e.